The molecule has 4 aromatic rings. The van der Waals surface area contributed by atoms with Gasteiger partial charge >= 0.3 is 12.1 Å². The summed E-state index contributed by atoms with van der Waals surface area (Å²) in [6.07, 6.45) is -5.02. The van der Waals surface area contributed by atoms with E-state index in [0.29, 0.717) is 0 Å². The van der Waals surface area contributed by atoms with Crippen molar-refractivity contribution >= 4 is 16.9 Å². The Balaban J connectivity index is 1.83. The van der Waals surface area contributed by atoms with E-state index < -0.39 is 40.3 Å². The number of rotatable bonds is 5. The predicted octanol–water partition coefficient (Wildman–Crippen LogP) is 5.85. The van der Waals surface area contributed by atoms with Crippen molar-refractivity contribution in [2.75, 3.05) is 14.2 Å². The van der Waals surface area contributed by atoms with Gasteiger partial charge < -0.3 is 18.6 Å². The normalized spacial score (nSPS) is 11.4. The van der Waals surface area contributed by atoms with Crippen LogP contribution in [0.1, 0.15) is 16.1 Å². The highest BCUT2D eigenvalue weighted by Crippen LogP contribution is 2.40. The fourth-order valence-corrected chi connectivity index (χ4v) is 3.44. The highest BCUT2D eigenvalue weighted by Gasteiger charge is 2.39. The molecule has 0 saturated heterocycles. The second-order valence-corrected chi connectivity index (χ2v) is 7.26. The lowest BCUT2D eigenvalue weighted by Gasteiger charge is -2.15. The van der Waals surface area contributed by atoms with Crippen molar-refractivity contribution in [1.29, 1.82) is 0 Å². The van der Waals surface area contributed by atoms with Gasteiger partial charge in [-0.2, -0.15) is 13.2 Å². The second kappa shape index (κ2) is 9.13. The van der Waals surface area contributed by atoms with Crippen LogP contribution >= 0.6 is 0 Å². The summed E-state index contributed by atoms with van der Waals surface area (Å²) in [4.78, 5) is 25.4. The maximum absolute atomic E-state index is 13.9. The molecule has 0 unspecified atom stereocenters. The van der Waals surface area contributed by atoms with Crippen molar-refractivity contribution < 1.29 is 41.0 Å². The minimum absolute atomic E-state index is 0.0210. The van der Waals surface area contributed by atoms with Gasteiger partial charge in [0.15, 0.2) is 11.5 Å². The third kappa shape index (κ3) is 4.68. The third-order valence-electron chi connectivity index (χ3n) is 5.08. The van der Waals surface area contributed by atoms with Gasteiger partial charge in [0.2, 0.25) is 11.2 Å². The Labute approximate surface area is 195 Å². The zero-order valence-corrected chi connectivity index (χ0v) is 18.2. The zero-order valence-electron chi connectivity index (χ0n) is 18.2. The van der Waals surface area contributed by atoms with Crippen LogP contribution in [0, 0.1) is 5.82 Å². The average molecular weight is 488 g/mol. The van der Waals surface area contributed by atoms with Crippen LogP contribution in [0.4, 0.5) is 17.6 Å². The van der Waals surface area contributed by atoms with Crippen LogP contribution in [0.25, 0.3) is 22.1 Å². The van der Waals surface area contributed by atoms with E-state index in [1.54, 1.807) is 0 Å². The number of carbonyl (C=O) groups is 1. The number of methoxy groups -OCH3 is 2. The van der Waals surface area contributed by atoms with Crippen molar-refractivity contribution in [2.24, 2.45) is 0 Å². The smallest absolute Gasteiger partial charge is 0.450 e. The van der Waals surface area contributed by atoms with Crippen LogP contribution in [-0.2, 0) is 6.18 Å². The molecule has 1 heterocycles. The lowest BCUT2D eigenvalue weighted by molar-refractivity contribution is -0.152. The van der Waals surface area contributed by atoms with Crippen molar-refractivity contribution in [3.05, 3.63) is 88.0 Å². The molecular formula is C25H16F4O6. The van der Waals surface area contributed by atoms with Crippen molar-refractivity contribution in [2.45, 2.75) is 6.18 Å². The highest BCUT2D eigenvalue weighted by atomic mass is 19.4. The first-order valence-corrected chi connectivity index (χ1v) is 10.0. The topological polar surface area (TPSA) is 75.0 Å². The molecule has 0 radical (unpaired) electrons. The molecule has 6 nitrogen and oxygen atoms in total. The minimum atomic E-state index is -5.02. The second-order valence-electron chi connectivity index (χ2n) is 7.26. The molecule has 35 heavy (non-hydrogen) atoms. The molecule has 0 bridgehead atoms. The minimum Gasteiger partial charge on any atom is -0.493 e. The number of esters is 1. The van der Waals surface area contributed by atoms with E-state index in [1.165, 1.54) is 56.7 Å². The molecule has 3 aromatic carbocycles. The Morgan fingerprint density at radius 2 is 1.57 bits per heavy atom. The van der Waals surface area contributed by atoms with Crippen LogP contribution in [0.15, 0.2) is 69.9 Å². The van der Waals surface area contributed by atoms with Gasteiger partial charge in [-0.1, -0.05) is 6.07 Å². The van der Waals surface area contributed by atoms with Gasteiger partial charge in [0.1, 0.15) is 17.1 Å². The summed E-state index contributed by atoms with van der Waals surface area (Å²) in [6, 6.07) is 11.8. The monoisotopic (exact) mass is 488 g/mol. The van der Waals surface area contributed by atoms with E-state index in [4.69, 9.17) is 18.6 Å². The standard InChI is InChI=1S/C25H16F4O6/c1-32-18-10-5-14(11-20(18)33-2)21-22(30)17-9-8-16(12-19(17)35-23(21)25(27,28)29)34-24(31)13-3-6-15(26)7-4-13/h3-12H,1-2H3. The largest absolute Gasteiger partial charge is 0.493 e. The van der Waals surface area contributed by atoms with Crippen molar-refractivity contribution in [3.8, 4) is 28.4 Å². The number of fused-ring (bicyclic) bond motifs is 1. The van der Waals surface area contributed by atoms with Gasteiger partial charge in [-0.05, 0) is 54.1 Å². The molecule has 0 aliphatic carbocycles. The first-order chi connectivity index (χ1) is 16.6. The first kappa shape index (κ1) is 23.8. The van der Waals surface area contributed by atoms with E-state index in [1.807, 2.05) is 0 Å². The lowest BCUT2D eigenvalue weighted by atomic mass is 10.0. The maximum Gasteiger partial charge on any atom is 0.450 e. The summed E-state index contributed by atoms with van der Waals surface area (Å²) in [5, 5.41) is -0.163. The van der Waals surface area contributed by atoms with Crippen molar-refractivity contribution in [3.63, 3.8) is 0 Å². The molecule has 0 saturated carbocycles. The summed E-state index contributed by atoms with van der Waals surface area (Å²) in [5.41, 5.74) is -2.15. The van der Waals surface area contributed by atoms with E-state index in [-0.39, 0.29) is 33.8 Å². The summed E-state index contributed by atoms with van der Waals surface area (Å²) >= 11 is 0. The van der Waals surface area contributed by atoms with Gasteiger partial charge in [-0.3, -0.25) is 4.79 Å². The van der Waals surface area contributed by atoms with E-state index in [2.05, 4.69) is 0 Å². The molecular weight excluding hydrogens is 472 g/mol. The van der Waals surface area contributed by atoms with Crippen LogP contribution in [-0.4, -0.2) is 20.2 Å². The lowest BCUT2D eigenvalue weighted by Crippen LogP contribution is -2.16. The molecule has 0 aliphatic rings. The fourth-order valence-electron chi connectivity index (χ4n) is 3.44. The molecule has 0 N–H and O–H groups in total. The maximum atomic E-state index is 13.9. The molecule has 0 amide bonds. The first-order valence-electron chi connectivity index (χ1n) is 10.0. The van der Waals surface area contributed by atoms with Gasteiger partial charge in [0, 0.05) is 6.07 Å². The van der Waals surface area contributed by atoms with Crippen LogP contribution < -0.4 is 19.6 Å². The van der Waals surface area contributed by atoms with Gasteiger partial charge in [0.25, 0.3) is 0 Å². The molecule has 10 heteroatoms. The van der Waals surface area contributed by atoms with E-state index >= 15 is 0 Å². The number of alkyl halides is 3. The molecule has 1 aromatic heterocycles. The Hall–Kier alpha value is -4.34. The number of ether oxygens (including phenoxy) is 3. The molecule has 4 rings (SSSR count). The Morgan fingerprint density at radius 3 is 2.20 bits per heavy atom. The van der Waals surface area contributed by atoms with Crippen molar-refractivity contribution in [1.82, 2.24) is 0 Å². The summed E-state index contributed by atoms with van der Waals surface area (Å²) in [5.74, 6) is -2.72. The Morgan fingerprint density at radius 1 is 0.886 bits per heavy atom. The van der Waals surface area contributed by atoms with Gasteiger partial charge in [-0.15, -0.1) is 0 Å². The number of benzene rings is 3. The number of halogens is 4. The number of carbonyl (C=O) groups excluding carboxylic acids is 1. The number of hydrogen-bond donors (Lipinski definition) is 0. The molecule has 180 valence electrons. The summed E-state index contributed by atoms with van der Waals surface area (Å²) in [6.45, 7) is 0. The molecule has 0 aliphatic heterocycles. The Kier molecular flexibility index (Phi) is 6.21. The van der Waals surface area contributed by atoms with E-state index in [9.17, 15) is 27.2 Å². The SMILES string of the molecule is COc1ccc(-c2c(C(F)(F)F)oc3cc(OC(=O)c4ccc(F)cc4)ccc3c2=O)cc1OC. The predicted molar refractivity (Wildman–Crippen MR) is 117 cm³/mol. The highest BCUT2D eigenvalue weighted by molar-refractivity contribution is 5.92. The van der Waals surface area contributed by atoms with Gasteiger partial charge in [0.05, 0.1) is 30.7 Å². The van der Waals surface area contributed by atoms with Crippen LogP contribution in [0.3, 0.4) is 0 Å². The Bertz CT molecular complexity index is 1470. The van der Waals surface area contributed by atoms with Crippen LogP contribution in [0.5, 0.6) is 17.2 Å². The van der Waals surface area contributed by atoms with Gasteiger partial charge in [-0.25, -0.2) is 9.18 Å². The van der Waals surface area contributed by atoms with E-state index in [0.717, 1.165) is 18.2 Å². The number of hydrogen-bond acceptors (Lipinski definition) is 6. The molecule has 0 spiro atoms. The summed E-state index contributed by atoms with van der Waals surface area (Å²) in [7, 11) is 2.67. The quantitative estimate of drug-likeness (QED) is 0.199. The third-order valence-corrected chi connectivity index (χ3v) is 5.08. The summed E-state index contributed by atoms with van der Waals surface area (Å²) < 4.78 is 75.4. The average Bonchev–Trinajstić information content (AvgIpc) is 2.83. The molecule has 0 fully saturated rings. The zero-order chi connectivity index (χ0) is 25.3. The molecule has 0 atom stereocenters. The van der Waals surface area contributed by atoms with Crippen LogP contribution in [0.2, 0.25) is 0 Å². The fraction of sp³-hybridized carbons (Fsp3) is 0.120.